The van der Waals surface area contributed by atoms with E-state index in [9.17, 15) is 0 Å². The molecule has 0 bridgehead atoms. The van der Waals surface area contributed by atoms with Crippen LogP contribution in [0.1, 0.15) is 0 Å². The SMILES string of the molecule is COc1ccc2c(c1)O[C@@H](CN)CO2. The molecule has 4 heteroatoms. The van der Waals surface area contributed by atoms with E-state index in [1.54, 1.807) is 13.2 Å². The highest BCUT2D eigenvalue weighted by Gasteiger charge is 2.19. The summed E-state index contributed by atoms with van der Waals surface area (Å²) in [5.41, 5.74) is 5.49. The Labute approximate surface area is 82.6 Å². The molecule has 0 aromatic heterocycles. The van der Waals surface area contributed by atoms with E-state index in [2.05, 4.69) is 0 Å². The number of benzene rings is 1. The van der Waals surface area contributed by atoms with Gasteiger partial charge in [-0.2, -0.15) is 0 Å². The van der Waals surface area contributed by atoms with E-state index in [-0.39, 0.29) is 6.10 Å². The molecule has 76 valence electrons. The van der Waals surface area contributed by atoms with Crippen LogP contribution in [0.3, 0.4) is 0 Å². The van der Waals surface area contributed by atoms with Crippen molar-refractivity contribution in [2.45, 2.75) is 6.10 Å². The van der Waals surface area contributed by atoms with Crippen LogP contribution in [0.25, 0.3) is 0 Å². The van der Waals surface area contributed by atoms with Crippen LogP contribution in [0.5, 0.6) is 17.2 Å². The van der Waals surface area contributed by atoms with Gasteiger partial charge in [-0.25, -0.2) is 0 Å². The van der Waals surface area contributed by atoms with Gasteiger partial charge < -0.3 is 19.9 Å². The fourth-order valence-corrected chi connectivity index (χ4v) is 1.34. The van der Waals surface area contributed by atoms with Gasteiger partial charge >= 0.3 is 0 Å². The molecule has 1 aliphatic heterocycles. The highest BCUT2D eigenvalue weighted by molar-refractivity contribution is 5.46. The molecule has 2 N–H and O–H groups in total. The second-order valence-corrected chi connectivity index (χ2v) is 3.10. The lowest BCUT2D eigenvalue weighted by Crippen LogP contribution is -2.35. The molecule has 0 saturated heterocycles. The molecule has 0 aliphatic carbocycles. The van der Waals surface area contributed by atoms with Crippen LogP contribution in [0, 0.1) is 0 Å². The third-order valence-corrected chi connectivity index (χ3v) is 2.13. The quantitative estimate of drug-likeness (QED) is 0.758. The Hall–Kier alpha value is -1.42. The first kappa shape index (κ1) is 9.15. The van der Waals surface area contributed by atoms with Gasteiger partial charge in [-0.15, -0.1) is 0 Å². The predicted octanol–water partition coefficient (Wildman–Crippen LogP) is 0.794. The summed E-state index contributed by atoms with van der Waals surface area (Å²) in [6.45, 7) is 0.965. The highest BCUT2D eigenvalue weighted by Crippen LogP contribution is 2.34. The monoisotopic (exact) mass is 195 g/mol. The molecule has 0 unspecified atom stereocenters. The number of hydrogen-bond donors (Lipinski definition) is 1. The lowest BCUT2D eigenvalue weighted by Gasteiger charge is -2.25. The van der Waals surface area contributed by atoms with Crippen molar-refractivity contribution in [1.29, 1.82) is 0 Å². The molecule has 0 radical (unpaired) electrons. The predicted molar refractivity (Wildman–Crippen MR) is 52.0 cm³/mol. The maximum Gasteiger partial charge on any atom is 0.165 e. The van der Waals surface area contributed by atoms with Crippen LogP contribution in [-0.4, -0.2) is 26.4 Å². The summed E-state index contributed by atoms with van der Waals surface area (Å²) in [7, 11) is 1.62. The van der Waals surface area contributed by atoms with E-state index in [0.29, 0.717) is 18.9 Å². The standard InChI is InChI=1S/C10H13NO3/c1-12-7-2-3-9-10(4-7)14-8(5-11)6-13-9/h2-4,8H,5-6,11H2,1H3/t8-/m0/s1. The van der Waals surface area contributed by atoms with Gasteiger partial charge in [0.25, 0.3) is 0 Å². The van der Waals surface area contributed by atoms with Gasteiger partial charge in [0.2, 0.25) is 0 Å². The number of nitrogens with two attached hydrogens (primary N) is 1. The molecule has 0 fully saturated rings. The summed E-state index contributed by atoms with van der Waals surface area (Å²) < 4.78 is 16.1. The average molecular weight is 195 g/mol. The molecule has 4 nitrogen and oxygen atoms in total. The average Bonchev–Trinajstić information content (AvgIpc) is 2.27. The van der Waals surface area contributed by atoms with Gasteiger partial charge in [-0.1, -0.05) is 0 Å². The largest absolute Gasteiger partial charge is 0.497 e. The Morgan fingerprint density at radius 2 is 2.36 bits per heavy atom. The van der Waals surface area contributed by atoms with Crippen LogP contribution in [0.15, 0.2) is 18.2 Å². The zero-order valence-electron chi connectivity index (χ0n) is 8.03. The van der Waals surface area contributed by atoms with Crippen molar-refractivity contribution in [3.8, 4) is 17.2 Å². The van der Waals surface area contributed by atoms with Gasteiger partial charge in [0, 0.05) is 12.6 Å². The third-order valence-electron chi connectivity index (χ3n) is 2.13. The minimum atomic E-state index is -0.0605. The minimum Gasteiger partial charge on any atom is -0.497 e. The zero-order chi connectivity index (χ0) is 9.97. The number of rotatable bonds is 2. The lowest BCUT2D eigenvalue weighted by molar-refractivity contribution is 0.0964. The maximum atomic E-state index is 5.59. The van der Waals surface area contributed by atoms with E-state index in [1.165, 1.54) is 0 Å². The molecule has 0 saturated carbocycles. The number of methoxy groups -OCH3 is 1. The second-order valence-electron chi connectivity index (χ2n) is 3.10. The highest BCUT2D eigenvalue weighted by atomic mass is 16.6. The van der Waals surface area contributed by atoms with E-state index in [0.717, 1.165) is 11.5 Å². The van der Waals surface area contributed by atoms with Crippen LogP contribution in [-0.2, 0) is 0 Å². The Morgan fingerprint density at radius 3 is 3.07 bits per heavy atom. The van der Waals surface area contributed by atoms with Crippen molar-refractivity contribution in [2.75, 3.05) is 20.3 Å². The molecule has 1 atom stereocenters. The minimum absolute atomic E-state index is 0.0605. The molecule has 1 heterocycles. The van der Waals surface area contributed by atoms with Crippen molar-refractivity contribution in [2.24, 2.45) is 5.73 Å². The topological polar surface area (TPSA) is 53.7 Å². The van der Waals surface area contributed by atoms with Crippen molar-refractivity contribution < 1.29 is 14.2 Å². The van der Waals surface area contributed by atoms with E-state index in [1.807, 2.05) is 12.1 Å². The fourth-order valence-electron chi connectivity index (χ4n) is 1.34. The van der Waals surface area contributed by atoms with Gasteiger partial charge in [0.15, 0.2) is 11.5 Å². The van der Waals surface area contributed by atoms with E-state index < -0.39 is 0 Å². The van der Waals surface area contributed by atoms with Crippen molar-refractivity contribution >= 4 is 0 Å². The van der Waals surface area contributed by atoms with Gasteiger partial charge in [0.05, 0.1) is 7.11 Å². The zero-order valence-corrected chi connectivity index (χ0v) is 8.03. The molecule has 1 aromatic carbocycles. The summed E-state index contributed by atoms with van der Waals surface area (Å²) in [5.74, 6) is 2.20. The van der Waals surface area contributed by atoms with Gasteiger partial charge in [-0.05, 0) is 12.1 Å². The maximum absolute atomic E-state index is 5.59. The van der Waals surface area contributed by atoms with E-state index in [4.69, 9.17) is 19.9 Å². The third kappa shape index (κ3) is 1.61. The summed E-state index contributed by atoms with van der Waals surface area (Å²) in [6, 6.07) is 5.48. The molecular formula is C10H13NO3. The smallest absolute Gasteiger partial charge is 0.165 e. The first-order chi connectivity index (χ1) is 6.83. The first-order valence-corrected chi connectivity index (χ1v) is 4.51. The van der Waals surface area contributed by atoms with E-state index >= 15 is 0 Å². The molecule has 0 spiro atoms. The summed E-state index contributed by atoms with van der Waals surface area (Å²) >= 11 is 0. The first-order valence-electron chi connectivity index (χ1n) is 4.51. The Balaban J connectivity index is 2.25. The molecule has 1 aliphatic rings. The Morgan fingerprint density at radius 1 is 1.50 bits per heavy atom. The number of fused-ring (bicyclic) bond motifs is 1. The number of hydrogen-bond acceptors (Lipinski definition) is 4. The Bertz CT molecular complexity index is 327. The second kappa shape index (κ2) is 3.75. The van der Waals surface area contributed by atoms with Crippen LogP contribution in [0.2, 0.25) is 0 Å². The molecule has 1 aromatic rings. The number of ether oxygens (including phenoxy) is 3. The van der Waals surface area contributed by atoms with Crippen LogP contribution < -0.4 is 19.9 Å². The lowest BCUT2D eigenvalue weighted by atomic mass is 10.2. The molecule has 14 heavy (non-hydrogen) atoms. The summed E-state index contributed by atoms with van der Waals surface area (Å²) in [4.78, 5) is 0. The van der Waals surface area contributed by atoms with Crippen molar-refractivity contribution in [3.05, 3.63) is 18.2 Å². The Kier molecular flexibility index (Phi) is 2.45. The molecule has 2 rings (SSSR count). The van der Waals surface area contributed by atoms with Crippen LogP contribution >= 0.6 is 0 Å². The van der Waals surface area contributed by atoms with Crippen molar-refractivity contribution in [3.63, 3.8) is 0 Å². The van der Waals surface area contributed by atoms with Gasteiger partial charge in [-0.3, -0.25) is 0 Å². The summed E-state index contributed by atoms with van der Waals surface area (Å²) in [5, 5.41) is 0. The fraction of sp³-hybridized carbons (Fsp3) is 0.400. The van der Waals surface area contributed by atoms with Gasteiger partial charge in [0.1, 0.15) is 18.5 Å². The molecule has 0 amide bonds. The molecular weight excluding hydrogens is 182 g/mol. The normalized spacial score (nSPS) is 19.1. The van der Waals surface area contributed by atoms with Crippen LogP contribution in [0.4, 0.5) is 0 Å². The van der Waals surface area contributed by atoms with Crippen molar-refractivity contribution in [1.82, 2.24) is 0 Å². The summed E-state index contributed by atoms with van der Waals surface area (Å²) in [6.07, 6.45) is -0.0605.